The van der Waals surface area contributed by atoms with Crippen LogP contribution in [0.1, 0.15) is 37.8 Å². The number of rotatable bonds is 9. The largest absolute Gasteiger partial charge is 0.490 e. The number of hydrogen-bond acceptors (Lipinski definition) is 8. The van der Waals surface area contributed by atoms with Crippen LogP contribution in [0.4, 0.5) is 5.69 Å². The van der Waals surface area contributed by atoms with E-state index in [0.717, 1.165) is 5.56 Å². The number of halogens is 1. The Morgan fingerprint density at radius 3 is 2.54 bits per heavy atom. The van der Waals surface area contributed by atoms with Gasteiger partial charge in [-0.3, -0.25) is 4.79 Å². The maximum Gasteiger partial charge on any atom is 0.338 e. The molecule has 37 heavy (non-hydrogen) atoms. The molecule has 3 N–H and O–H groups in total. The van der Waals surface area contributed by atoms with Crippen molar-refractivity contribution in [2.24, 2.45) is 5.73 Å². The van der Waals surface area contributed by atoms with E-state index >= 15 is 0 Å². The number of carbonyl (C=O) groups is 2. The van der Waals surface area contributed by atoms with Crippen molar-refractivity contribution in [1.82, 2.24) is 0 Å². The lowest BCUT2D eigenvalue weighted by Crippen LogP contribution is -2.25. The van der Waals surface area contributed by atoms with E-state index in [1.165, 1.54) is 0 Å². The molecule has 0 aliphatic carbocycles. The van der Waals surface area contributed by atoms with E-state index in [4.69, 9.17) is 36.3 Å². The molecule has 0 saturated carbocycles. The number of benzene rings is 2. The summed E-state index contributed by atoms with van der Waals surface area (Å²) in [6.45, 7) is 7.10. The number of esters is 1. The van der Waals surface area contributed by atoms with Crippen LogP contribution in [0.5, 0.6) is 11.5 Å². The average Bonchev–Trinajstić information content (AvgIpc) is 2.85. The highest BCUT2D eigenvalue weighted by Gasteiger charge is 2.36. The number of amides is 1. The number of nitrogens with two attached hydrogens (primary N) is 1. The summed E-state index contributed by atoms with van der Waals surface area (Å²) in [5, 5.41) is 13.1. The summed E-state index contributed by atoms with van der Waals surface area (Å²) in [7, 11) is 0. The standard InChI is InChI=1S/C27H28ClN3O6/c1-5-34-22-11-17(25-19(13-29)26(30)37-16(4)24(25)27(33)35-6-2)8-10-21(22)36-14-23(32)31-20-12-18(28)9-7-15(20)3/h7-12,25H,5-6,14,30H2,1-4H3,(H,31,32). The highest BCUT2D eigenvalue weighted by atomic mass is 35.5. The first-order valence-corrected chi connectivity index (χ1v) is 12.0. The van der Waals surface area contributed by atoms with Crippen molar-refractivity contribution in [3.63, 3.8) is 0 Å². The fourth-order valence-electron chi connectivity index (χ4n) is 3.84. The molecule has 0 aromatic heterocycles. The van der Waals surface area contributed by atoms with Crippen LogP contribution < -0.4 is 20.5 Å². The number of allylic oxidation sites excluding steroid dienone is 2. The predicted molar refractivity (Wildman–Crippen MR) is 138 cm³/mol. The minimum Gasteiger partial charge on any atom is -0.490 e. The van der Waals surface area contributed by atoms with Crippen molar-refractivity contribution in [1.29, 1.82) is 5.26 Å². The molecule has 1 aliphatic heterocycles. The molecule has 2 aromatic carbocycles. The van der Waals surface area contributed by atoms with Gasteiger partial charge in [0.2, 0.25) is 5.88 Å². The van der Waals surface area contributed by atoms with Gasteiger partial charge in [-0.1, -0.05) is 23.7 Å². The minimum atomic E-state index is -0.833. The number of hydrogen-bond donors (Lipinski definition) is 2. The molecule has 0 bridgehead atoms. The Morgan fingerprint density at radius 1 is 1.11 bits per heavy atom. The summed E-state index contributed by atoms with van der Waals surface area (Å²) < 4.78 is 22.2. The van der Waals surface area contributed by atoms with E-state index in [9.17, 15) is 14.9 Å². The van der Waals surface area contributed by atoms with Gasteiger partial charge in [0.15, 0.2) is 18.1 Å². The van der Waals surface area contributed by atoms with Gasteiger partial charge in [0, 0.05) is 10.7 Å². The fourth-order valence-corrected chi connectivity index (χ4v) is 4.01. The van der Waals surface area contributed by atoms with Gasteiger partial charge >= 0.3 is 5.97 Å². The maximum absolute atomic E-state index is 12.8. The van der Waals surface area contributed by atoms with Crippen LogP contribution in [0.3, 0.4) is 0 Å². The molecular weight excluding hydrogens is 498 g/mol. The first-order valence-electron chi connectivity index (χ1n) is 11.6. The zero-order chi connectivity index (χ0) is 27.1. The molecule has 1 unspecified atom stereocenters. The topological polar surface area (TPSA) is 133 Å². The molecule has 0 saturated heterocycles. The van der Waals surface area contributed by atoms with Crippen molar-refractivity contribution in [2.45, 2.75) is 33.6 Å². The second-order valence-corrected chi connectivity index (χ2v) is 8.49. The highest BCUT2D eigenvalue weighted by molar-refractivity contribution is 6.31. The smallest absolute Gasteiger partial charge is 0.338 e. The lowest BCUT2D eigenvalue weighted by atomic mass is 9.83. The van der Waals surface area contributed by atoms with Crippen LogP contribution in [-0.2, 0) is 19.1 Å². The molecule has 1 heterocycles. The number of ether oxygens (including phenoxy) is 4. The monoisotopic (exact) mass is 525 g/mol. The Hall–Kier alpha value is -4.16. The molecule has 2 aromatic rings. The third-order valence-corrected chi connectivity index (χ3v) is 5.77. The van der Waals surface area contributed by atoms with Crippen molar-refractivity contribution in [2.75, 3.05) is 25.1 Å². The van der Waals surface area contributed by atoms with Crippen LogP contribution in [0.25, 0.3) is 0 Å². The summed E-state index contributed by atoms with van der Waals surface area (Å²) in [4.78, 5) is 25.3. The molecule has 0 radical (unpaired) electrons. The summed E-state index contributed by atoms with van der Waals surface area (Å²) in [5.41, 5.74) is 8.20. The molecule has 10 heteroatoms. The van der Waals surface area contributed by atoms with E-state index in [-0.39, 0.29) is 41.9 Å². The predicted octanol–water partition coefficient (Wildman–Crippen LogP) is 4.71. The van der Waals surface area contributed by atoms with Gasteiger partial charge in [-0.25, -0.2) is 4.79 Å². The van der Waals surface area contributed by atoms with E-state index in [1.54, 1.807) is 57.2 Å². The number of nitrogens with one attached hydrogen (secondary N) is 1. The molecule has 1 atom stereocenters. The van der Waals surface area contributed by atoms with Crippen LogP contribution in [0.2, 0.25) is 5.02 Å². The van der Waals surface area contributed by atoms with Crippen LogP contribution in [0, 0.1) is 18.3 Å². The highest BCUT2D eigenvalue weighted by Crippen LogP contribution is 2.42. The first-order chi connectivity index (χ1) is 17.7. The minimum absolute atomic E-state index is 0.0704. The zero-order valence-electron chi connectivity index (χ0n) is 21.0. The number of anilines is 1. The quantitative estimate of drug-likeness (QED) is 0.450. The Labute approximate surface area is 220 Å². The molecule has 0 fully saturated rings. The second kappa shape index (κ2) is 12.2. The summed E-state index contributed by atoms with van der Waals surface area (Å²) in [6.07, 6.45) is 0. The van der Waals surface area contributed by atoms with Crippen LogP contribution in [0.15, 0.2) is 59.2 Å². The van der Waals surface area contributed by atoms with Crippen molar-refractivity contribution in [3.8, 4) is 17.6 Å². The summed E-state index contributed by atoms with van der Waals surface area (Å²) in [5.74, 6) is -1.04. The Bertz CT molecular complexity index is 1310. The second-order valence-electron chi connectivity index (χ2n) is 8.05. The van der Waals surface area contributed by atoms with Gasteiger partial charge < -0.3 is 30.0 Å². The number of carbonyl (C=O) groups excluding carboxylic acids is 2. The molecule has 1 amide bonds. The molecule has 1 aliphatic rings. The van der Waals surface area contributed by atoms with E-state index in [2.05, 4.69) is 5.32 Å². The number of aryl methyl sites for hydroxylation is 1. The van der Waals surface area contributed by atoms with Gasteiger partial charge in [0.25, 0.3) is 5.91 Å². The van der Waals surface area contributed by atoms with Crippen molar-refractivity contribution >= 4 is 29.2 Å². The molecule has 3 rings (SSSR count). The Kier molecular flexibility index (Phi) is 9.04. The molecule has 194 valence electrons. The van der Waals surface area contributed by atoms with Gasteiger partial charge in [0.05, 0.1) is 24.7 Å². The number of nitrogens with zero attached hydrogens (tertiary/aromatic N) is 1. The maximum atomic E-state index is 12.8. The van der Waals surface area contributed by atoms with Crippen molar-refractivity contribution in [3.05, 3.63) is 75.3 Å². The first kappa shape index (κ1) is 27.4. The molecule has 0 spiro atoms. The van der Waals surface area contributed by atoms with Crippen molar-refractivity contribution < 1.29 is 28.5 Å². The SMILES string of the molecule is CCOC(=O)C1=C(C)OC(N)=C(C#N)C1c1ccc(OCC(=O)Nc2cc(Cl)ccc2C)c(OCC)c1. The van der Waals surface area contributed by atoms with E-state index in [1.807, 2.05) is 13.0 Å². The Morgan fingerprint density at radius 2 is 1.86 bits per heavy atom. The molecular formula is C27H28ClN3O6. The molecule has 9 nitrogen and oxygen atoms in total. The third kappa shape index (κ3) is 6.35. The third-order valence-electron chi connectivity index (χ3n) is 5.53. The zero-order valence-corrected chi connectivity index (χ0v) is 21.8. The number of nitriles is 1. The van der Waals surface area contributed by atoms with E-state index < -0.39 is 11.9 Å². The summed E-state index contributed by atoms with van der Waals surface area (Å²) in [6, 6.07) is 12.2. The van der Waals surface area contributed by atoms with Crippen LogP contribution >= 0.6 is 11.6 Å². The van der Waals surface area contributed by atoms with Gasteiger partial charge in [-0.15, -0.1) is 0 Å². The fraction of sp³-hybridized carbons (Fsp3) is 0.296. The van der Waals surface area contributed by atoms with Gasteiger partial charge in [-0.05, 0) is 63.1 Å². The van der Waals surface area contributed by atoms with E-state index in [0.29, 0.717) is 34.4 Å². The average molecular weight is 526 g/mol. The summed E-state index contributed by atoms with van der Waals surface area (Å²) >= 11 is 6.02. The normalized spacial score (nSPS) is 15.0. The van der Waals surface area contributed by atoms with Crippen LogP contribution in [-0.4, -0.2) is 31.7 Å². The van der Waals surface area contributed by atoms with Gasteiger partial charge in [-0.2, -0.15) is 5.26 Å². The van der Waals surface area contributed by atoms with Gasteiger partial charge in [0.1, 0.15) is 17.4 Å². The lowest BCUT2D eigenvalue weighted by molar-refractivity contribution is -0.139. The lowest BCUT2D eigenvalue weighted by Gasteiger charge is -2.27. The Balaban J connectivity index is 1.90.